The maximum absolute atomic E-state index is 12.4. The van der Waals surface area contributed by atoms with E-state index in [0.717, 1.165) is 41.9 Å². The van der Waals surface area contributed by atoms with Crippen LogP contribution in [0.5, 0.6) is 0 Å². The molecule has 3 heterocycles. The van der Waals surface area contributed by atoms with E-state index in [1.165, 1.54) is 0 Å². The molecule has 4 rings (SSSR count). The summed E-state index contributed by atoms with van der Waals surface area (Å²) in [4.78, 5) is 18.9. The van der Waals surface area contributed by atoms with Crippen LogP contribution in [0.25, 0.3) is 11.0 Å². The molecular weight excluding hydrogens is 352 g/mol. The zero-order chi connectivity index (χ0) is 19.5. The van der Waals surface area contributed by atoms with E-state index in [2.05, 4.69) is 21.7 Å². The molecule has 0 saturated carbocycles. The van der Waals surface area contributed by atoms with Gasteiger partial charge in [0.25, 0.3) is 5.91 Å². The molecular formula is C21H26N6O. The number of carbonyl (C=O) groups is 1. The summed E-state index contributed by atoms with van der Waals surface area (Å²) in [6, 6.07) is 11.6. The van der Waals surface area contributed by atoms with E-state index < -0.39 is 0 Å². The Morgan fingerprint density at radius 3 is 2.82 bits per heavy atom. The molecule has 0 aliphatic carbocycles. The highest BCUT2D eigenvalue weighted by Gasteiger charge is 2.23. The van der Waals surface area contributed by atoms with Crippen molar-refractivity contribution < 1.29 is 4.79 Å². The maximum atomic E-state index is 12.4. The minimum Gasteiger partial charge on any atom is -0.378 e. The van der Waals surface area contributed by atoms with Gasteiger partial charge in [-0.2, -0.15) is 5.10 Å². The molecule has 7 heteroatoms. The van der Waals surface area contributed by atoms with Crippen LogP contribution in [-0.2, 0) is 6.54 Å². The fourth-order valence-corrected chi connectivity index (χ4v) is 3.67. The molecule has 0 spiro atoms. The highest BCUT2D eigenvalue weighted by Crippen LogP contribution is 2.27. The molecule has 1 aromatic carbocycles. The van der Waals surface area contributed by atoms with Gasteiger partial charge in [0, 0.05) is 55.9 Å². The lowest BCUT2D eigenvalue weighted by Gasteiger charge is -2.12. The fraction of sp³-hybridized carbons (Fsp3) is 0.381. The Balaban J connectivity index is 1.43. The van der Waals surface area contributed by atoms with Crippen molar-refractivity contribution in [3.05, 3.63) is 53.9 Å². The van der Waals surface area contributed by atoms with Crippen LogP contribution in [0.2, 0.25) is 0 Å². The van der Waals surface area contributed by atoms with Gasteiger partial charge in [0.05, 0.1) is 12.2 Å². The first-order valence-corrected chi connectivity index (χ1v) is 9.71. The second-order valence-corrected chi connectivity index (χ2v) is 7.37. The van der Waals surface area contributed by atoms with Gasteiger partial charge in [-0.05, 0) is 49.4 Å². The minimum atomic E-state index is -0.0741. The van der Waals surface area contributed by atoms with Gasteiger partial charge in [-0.1, -0.05) is 0 Å². The van der Waals surface area contributed by atoms with Crippen LogP contribution >= 0.6 is 0 Å². The molecule has 2 aromatic heterocycles. The van der Waals surface area contributed by atoms with Gasteiger partial charge >= 0.3 is 0 Å². The second kappa shape index (κ2) is 7.98. The van der Waals surface area contributed by atoms with E-state index in [1.807, 2.05) is 54.0 Å². The van der Waals surface area contributed by atoms with Crippen LogP contribution in [0.1, 0.15) is 28.4 Å². The molecule has 28 heavy (non-hydrogen) atoms. The molecule has 0 bridgehead atoms. The summed E-state index contributed by atoms with van der Waals surface area (Å²) in [6.07, 6.45) is 2.89. The molecule has 1 atom stereocenters. The summed E-state index contributed by atoms with van der Waals surface area (Å²) >= 11 is 0. The van der Waals surface area contributed by atoms with Crippen molar-refractivity contribution >= 4 is 22.6 Å². The van der Waals surface area contributed by atoms with Crippen molar-refractivity contribution in [3.63, 3.8) is 0 Å². The molecule has 3 aromatic rings. The first kappa shape index (κ1) is 18.4. The Bertz CT molecular complexity index is 957. The first-order chi connectivity index (χ1) is 13.6. The lowest BCUT2D eigenvalue weighted by Crippen LogP contribution is -2.27. The molecule has 7 nitrogen and oxygen atoms in total. The summed E-state index contributed by atoms with van der Waals surface area (Å²) < 4.78 is 1.92. The quantitative estimate of drug-likeness (QED) is 0.686. The van der Waals surface area contributed by atoms with Crippen LogP contribution in [0.4, 0.5) is 5.69 Å². The van der Waals surface area contributed by atoms with Gasteiger partial charge in [-0.3, -0.25) is 4.79 Å². The van der Waals surface area contributed by atoms with Gasteiger partial charge in [-0.15, -0.1) is 0 Å². The van der Waals surface area contributed by atoms with Crippen LogP contribution in [0, 0.1) is 0 Å². The van der Waals surface area contributed by atoms with Crippen molar-refractivity contribution in [2.24, 2.45) is 0 Å². The molecule has 146 valence electrons. The van der Waals surface area contributed by atoms with Crippen molar-refractivity contribution in [1.82, 2.24) is 25.4 Å². The third-order valence-electron chi connectivity index (χ3n) is 5.24. The highest BCUT2D eigenvalue weighted by atomic mass is 16.1. The molecule has 1 fully saturated rings. The number of rotatable bonds is 6. The van der Waals surface area contributed by atoms with Crippen LogP contribution in [-0.4, -0.2) is 54.4 Å². The van der Waals surface area contributed by atoms with Crippen LogP contribution in [0.15, 0.2) is 42.6 Å². The van der Waals surface area contributed by atoms with Crippen molar-refractivity contribution in [1.29, 1.82) is 0 Å². The maximum Gasteiger partial charge on any atom is 0.251 e. The largest absolute Gasteiger partial charge is 0.378 e. The van der Waals surface area contributed by atoms with Gasteiger partial charge in [0.15, 0.2) is 5.65 Å². The number of fused-ring (bicyclic) bond motifs is 1. The number of anilines is 1. The number of nitrogens with zero attached hydrogens (tertiary/aromatic N) is 4. The number of pyridine rings is 1. The van der Waals surface area contributed by atoms with E-state index in [4.69, 9.17) is 5.10 Å². The summed E-state index contributed by atoms with van der Waals surface area (Å²) in [5.41, 5.74) is 3.72. The Hall–Kier alpha value is -2.93. The van der Waals surface area contributed by atoms with E-state index in [-0.39, 0.29) is 5.91 Å². The molecule has 1 amide bonds. The van der Waals surface area contributed by atoms with E-state index in [1.54, 1.807) is 6.20 Å². The molecule has 1 saturated heterocycles. The monoisotopic (exact) mass is 378 g/mol. The molecule has 0 unspecified atom stereocenters. The van der Waals surface area contributed by atoms with E-state index in [9.17, 15) is 4.79 Å². The van der Waals surface area contributed by atoms with Gasteiger partial charge < -0.3 is 15.5 Å². The Kier molecular flexibility index (Phi) is 5.25. The predicted molar refractivity (Wildman–Crippen MR) is 111 cm³/mol. The fourth-order valence-electron chi connectivity index (χ4n) is 3.67. The number of benzene rings is 1. The number of aromatic nitrogens is 3. The lowest BCUT2D eigenvalue weighted by atomic mass is 10.0. The van der Waals surface area contributed by atoms with Gasteiger partial charge in [0.1, 0.15) is 0 Å². The summed E-state index contributed by atoms with van der Waals surface area (Å²) in [6.45, 7) is 3.09. The number of nitrogens with one attached hydrogen (secondary N) is 2. The SMILES string of the molecule is CN(C)c1ccc(C(=O)NCCn2nc([C@H]3CCNC3)c3cccnc32)cc1. The normalized spacial score (nSPS) is 16.4. The number of hydrogen-bond acceptors (Lipinski definition) is 5. The second-order valence-electron chi connectivity index (χ2n) is 7.37. The topological polar surface area (TPSA) is 75.1 Å². The zero-order valence-electron chi connectivity index (χ0n) is 16.4. The standard InChI is InChI=1S/C21H26N6O/c1-26(2)17-7-5-15(6-8-17)21(28)24-12-13-27-20-18(4-3-10-23-20)19(25-27)16-9-11-22-14-16/h3-8,10,16,22H,9,11-14H2,1-2H3,(H,24,28)/t16-/m0/s1. The molecule has 2 N–H and O–H groups in total. The smallest absolute Gasteiger partial charge is 0.251 e. The summed E-state index contributed by atoms with van der Waals surface area (Å²) in [7, 11) is 3.96. The van der Waals surface area contributed by atoms with Crippen LogP contribution in [0.3, 0.4) is 0 Å². The minimum absolute atomic E-state index is 0.0741. The zero-order valence-corrected chi connectivity index (χ0v) is 16.4. The molecule has 1 aliphatic heterocycles. The van der Waals surface area contributed by atoms with E-state index >= 15 is 0 Å². The lowest BCUT2D eigenvalue weighted by molar-refractivity contribution is 0.0952. The average Bonchev–Trinajstić information content (AvgIpc) is 3.36. The number of carbonyl (C=O) groups excluding carboxylic acids is 1. The highest BCUT2D eigenvalue weighted by molar-refractivity contribution is 5.94. The van der Waals surface area contributed by atoms with E-state index in [0.29, 0.717) is 24.6 Å². The van der Waals surface area contributed by atoms with Gasteiger partial charge in [-0.25, -0.2) is 9.67 Å². The van der Waals surface area contributed by atoms with Crippen molar-refractivity contribution in [2.45, 2.75) is 18.9 Å². The average molecular weight is 378 g/mol. The van der Waals surface area contributed by atoms with Crippen LogP contribution < -0.4 is 15.5 Å². The third kappa shape index (κ3) is 3.71. The van der Waals surface area contributed by atoms with Crippen molar-refractivity contribution in [3.8, 4) is 0 Å². The Morgan fingerprint density at radius 1 is 1.29 bits per heavy atom. The predicted octanol–water partition coefficient (Wildman–Crippen LogP) is 2.00. The summed E-state index contributed by atoms with van der Waals surface area (Å²) in [5.74, 6) is 0.354. The first-order valence-electron chi connectivity index (χ1n) is 9.71. The number of amides is 1. The van der Waals surface area contributed by atoms with Gasteiger partial charge in [0.2, 0.25) is 0 Å². The van der Waals surface area contributed by atoms with Crippen molar-refractivity contribution in [2.75, 3.05) is 38.6 Å². The third-order valence-corrected chi connectivity index (χ3v) is 5.24. The molecule has 0 radical (unpaired) electrons. The summed E-state index contributed by atoms with van der Waals surface area (Å²) in [5, 5.41) is 12.3. The Labute approximate surface area is 164 Å². The molecule has 1 aliphatic rings. The Morgan fingerprint density at radius 2 is 2.11 bits per heavy atom. The number of hydrogen-bond donors (Lipinski definition) is 2.